The van der Waals surface area contributed by atoms with Crippen molar-refractivity contribution >= 4 is 29.6 Å². The standard InChI is InChI=1S/C16H14FNO6S/c1-8(19)23-7-6-11-13(20)18-12(15(21)22)16(25-14(11)18)24-10-4-2-9(17)3-5-10/h2-5,11,14H,6-7H2,1H3,(H,21,22)/t11-,14+/m0/s1. The Hall–Kier alpha value is -2.55. The molecule has 0 saturated carbocycles. The van der Waals surface area contributed by atoms with Gasteiger partial charge in [0.2, 0.25) is 5.91 Å². The molecular weight excluding hydrogens is 353 g/mol. The van der Waals surface area contributed by atoms with Gasteiger partial charge >= 0.3 is 11.9 Å². The highest BCUT2D eigenvalue weighted by molar-refractivity contribution is 8.03. The fourth-order valence-electron chi connectivity index (χ4n) is 2.63. The van der Waals surface area contributed by atoms with E-state index < -0.39 is 29.0 Å². The maximum atomic E-state index is 13.0. The number of ether oxygens (including phenoxy) is 2. The molecular formula is C16H14FNO6S. The number of carbonyl (C=O) groups is 3. The molecule has 2 heterocycles. The van der Waals surface area contributed by atoms with Crippen molar-refractivity contribution in [1.82, 2.24) is 4.90 Å². The summed E-state index contributed by atoms with van der Waals surface area (Å²) in [6.07, 6.45) is 0.309. The van der Waals surface area contributed by atoms with Crippen molar-refractivity contribution in [2.24, 2.45) is 5.92 Å². The third-order valence-electron chi connectivity index (χ3n) is 3.78. The SMILES string of the molecule is CC(=O)OCC[C@H]1C(=O)N2C(C(=O)O)=C(Oc3ccc(F)cc3)S[C@H]12. The Morgan fingerprint density at radius 1 is 1.32 bits per heavy atom. The number of carbonyl (C=O) groups excluding carboxylic acids is 2. The van der Waals surface area contributed by atoms with Gasteiger partial charge in [-0.1, -0.05) is 11.8 Å². The molecule has 2 aliphatic heterocycles. The molecule has 0 spiro atoms. The van der Waals surface area contributed by atoms with E-state index in [1.807, 2.05) is 0 Å². The van der Waals surface area contributed by atoms with Crippen LogP contribution in [-0.4, -0.2) is 39.8 Å². The Labute approximate surface area is 146 Å². The second-order valence-corrected chi connectivity index (χ2v) is 6.54. The molecule has 1 aromatic carbocycles. The van der Waals surface area contributed by atoms with Crippen LogP contribution in [0.5, 0.6) is 5.75 Å². The number of β-lactam (4-membered cyclic amide) rings is 1. The first kappa shape index (κ1) is 17.3. The van der Waals surface area contributed by atoms with E-state index in [4.69, 9.17) is 9.47 Å². The van der Waals surface area contributed by atoms with Crippen molar-refractivity contribution < 1.29 is 33.4 Å². The van der Waals surface area contributed by atoms with E-state index in [1.54, 1.807) is 0 Å². The summed E-state index contributed by atoms with van der Waals surface area (Å²) < 4.78 is 23.3. The van der Waals surface area contributed by atoms with Crippen LogP contribution in [-0.2, 0) is 19.1 Å². The number of thioether (sulfide) groups is 1. The summed E-state index contributed by atoms with van der Waals surface area (Å²) in [5.41, 5.74) is -0.229. The molecule has 2 atom stereocenters. The summed E-state index contributed by atoms with van der Waals surface area (Å²) in [5, 5.41) is 9.07. The number of rotatable bonds is 6. The molecule has 0 unspecified atom stereocenters. The van der Waals surface area contributed by atoms with Gasteiger partial charge in [0.25, 0.3) is 0 Å². The molecule has 7 nitrogen and oxygen atoms in total. The molecule has 1 saturated heterocycles. The van der Waals surface area contributed by atoms with Crippen molar-refractivity contribution in [3.63, 3.8) is 0 Å². The molecule has 2 aliphatic rings. The largest absolute Gasteiger partial charge is 0.476 e. The van der Waals surface area contributed by atoms with Crippen LogP contribution in [0.3, 0.4) is 0 Å². The van der Waals surface area contributed by atoms with Gasteiger partial charge in [-0.25, -0.2) is 9.18 Å². The maximum absolute atomic E-state index is 13.0. The highest BCUT2D eigenvalue weighted by atomic mass is 32.2. The van der Waals surface area contributed by atoms with Gasteiger partial charge in [0.15, 0.2) is 10.8 Å². The van der Waals surface area contributed by atoms with Crippen molar-refractivity contribution in [2.45, 2.75) is 18.7 Å². The van der Waals surface area contributed by atoms with E-state index in [0.29, 0.717) is 6.42 Å². The van der Waals surface area contributed by atoms with Crippen molar-refractivity contribution in [1.29, 1.82) is 0 Å². The van der Waals surface area contributed by atoms with E-state index in [-0.39, 0.29) is 29.1 Å². The number of halogens is 1. The molecule has 0 aromatic heterocycles. The number of esters is 1. The summed E-state index contributed by atoms with van der Waals surface area (Å²) in [6.45, 7) is 1.37. The number of nitrogens with zero attached hydrogens (tertiary/aromatic N) is 1. The monoisotopic (exact) mass is 367 g/mol. The van der Waals surface area contributed by atoms with Gasteiger partial charge in [-0.3, -0.25) is 14.5 Å². The summed E-state index contributed by atoms with van der Waals surface area (Å²) in [6, 6.07) is 5.13. The van der Waals surface area contributed by atoms with Crippen LogP contribution in [0.4, 0.5) is 4.39 Å². The van der Waals surface area contributed by atoms with Gasteiger partial charge in [-0.15, -0.1) is 0 Å². The second kappa shape index (κ2) is 6.75. The molecule has 25 heavy (non-hydrogen) atoms. The first-order valence-electron chi connectivity index (χ1n) is 7.42. The number of hydrogen-bond acceptors (Lipinski definition) is 6. The predicted octanol–water partition coefficient (Wildman–Crippen LogP) is 1.94. The molecule has 132 valence electrons. The van der Waals surface area contributed by atoms with Gasteiger partial charge in [0.1, 0.15) is 16.9 Å². The van der Waals surface area contributed by atoms with Crippen LogP contribution in [0.15, 0.2) is 35.1 Å². The number of fused-ring (bicyclic) bond motifs is 1. The minimum absolute atomic E-state index is 0.0763. The average Bonchev–Trinajstić information content (AvgIpc) is 2.88. The Kier molecular flexibility index (Phi) is 4.67. The summed E-state index contributed by atoms with van der Waals surface area (Å²) in [4.78, 5) is 35.8. The van der Waals surface area contributed by atoms with Crippen molar-refractivity contribution in [3.05, 3.63) is 40.9 Å². The van der Waals surface area contributed by atoms with E-state index in [1.165, 1.54) is 36.1 Å². The molecule has 0 radical (unpaired) electrons. The average molecular weight is 367 g/mol. The van der Waals surface area contributed by atoms with Crippen molar-refractivity contribution in [3.8, 4) is 5.75 Å². The first-order valence-corrected chi connectivity index (χ1v) is 8.30. The zero-order valence-electron chi connectivity index (χ0n) is 13.1. The number of aliphatic carboxylic acids is 1. The Balaban J connectivity index is 1.73. The van der Waals surface area contributed by atoms with Gasteiger partial charge in [0.05, 0.1) is 12.5 Å². The lowest BCUT2D eigenvalue weighted by molar-refractivity contribution is -0.154. The summed E-state index contributed by atoms with van der Waals surface area (Å²) in [7, 11) is 0. The lowest BCUT2D eigenvalue weighted by Crippen LogP contribution is -2.57. The third kappa shape index (κ3) is 3.32. The lowest BCUT2D eigenvalue weighted by Gasteiger charge is -2.41. The number of carboxylic acids is 1. The van der Waals surface area contributed by atoms with Crippen LogP contribution < -0.4 is 4.74 Å². The summed E-state index contributed by atoms with van der Waals surface area (Å²) >= 11 is 1.11. The number of carboxylic acid groups (broad SMARTS) is 1. The predicted molar refractivity (Wildman–Crippen MR) is 84.7 cm³/mol. The van der Waals surface area contributed by atoms with Crippen LogP contribution in [0.2, 0.25) is 0 Å². The molecule has 9 heteroatoms. The van der Waals surface area contributed by atoms with Crippen LogP contribution in [0.25, 0.3) is 0 Å². The molecule has 0 bridgehead atoms. The van der Waals surface area contributed by atoms with E-state index in [0.717, 1.165) is 11.8 Å². The Morgan fingerprint density at radius 2 is 2.00 bits per heavy atom. The smallest absolute Gasteiger partial charge is 0.357 e. The Bertz CT molecular complexity index is 762. The minimum atomic E-state index is -1.28. The van der Waals surface area contributed by atoms with Crippen LogP contribution in [0.1, 0.15) is 13.3 Å². The number of benzene rings is 1. The van der Waals surface area contributed by atoms with E-state index >= 15 is 0 Å². The second-order valence-electron chi connectivity index (χ2n) is 5.45. The van der Waals surface area contributed by atoms with Gasteiger partial charge in [-0.05, 0) is 30.7 Å². The van der Waals surface area contributed by atoms with E-state index in [9.17, 15) is 23.9 Å². The Morgan fingerprint density at radius 3 is 2.60 bits per heavy atom. The quantitative estimate of drug-likeness (QED) is 0.607. The normalized spacial score (nSPS) is 21.7. The minimum Gasteiger partial charge on any atom is -0.476 e. The molecule has 1 aromatic rings. The van der Waals surface area contributed by atoms with Crippen molar-refractivity contribution in [2.75, 3.05) is 6.61 Å². The van der Waals surface area contributed by atoms with E-state index in [2.05, 4.69) is 0 Å². The third-order valence-corrected chi connectivity index (χ3v) is 5.05. The van der Waals surface area contributed by atoms with Gasteiger partial charge in [0, 0.05) is 6.92 Å². The first-order chi connectivity index (χ1) is 11.9. The van der Waals surface area contributed by atoms with Crippen LogP contribution in [0, 0.1) is 11.7 Å². The molecule has 1 fully saturated rings. The highest BCUT2D eigenvalue weighted by Crippen LogP contribution is 2.50. The fourth-order valence-corrected chi connectivity index (χ4v) is 4.02. The zero-order chi connectivity index (χ0) is 18.1. The highest BCUT2D eigenvalue weighted by Gasteiger charge is 2.56. The number of hydrogen-bond donors (Lipinski definition) is 1. The molecule has 1 amide bonds. The van der Waals surface area contributed by atoms with Gasteiger partial charge < -0.3 is 14.6 Å². The molecule has 3 rings (SSSR count). The lowest BCUT2D eigenvalue weighted by atomic mass is 9.94. The topological polar surface area (TPSA) is 93.1 Å². The van der Waals surface area contributed by atoms with Gasteiger partial charge in [-0.2, -0.15) is 0 Å². The maximum Gasteiger partial charge on any atom is 0.357 e. The molecule has 1 N–H and O–H groups in total. The molecule has 0 aliphatic carbocycles. The fraction of sp³-hybridized carbons (Fsp3) is 0.312. The zero-order valence-corrected chi connectivity index (χ0v) is 13.9. The van der Waals surface area contributed by atoms with Crippen LogP contribution >= 0.6 is 11.8 Å². The number of amides is 1. The summed E-state index contributed by atoms with van der Waals surface area (Å²) in [5.74, 6) is -2.68.